The van der Waals surface area contributed by atoms with Gasteiger partial charge in [0.1, 0.15) is 0 Å². The Bertz CT molecular complexity index is 816. The summed E-state index contributed by atoms with van der Waals surface area (Å²) in [6.07, 6.45) is 0.719. The number of carbonyl (C=O) groups excluding carboxylic acids is 2. The largest absolute Gasteiger partial charge is 0.385 e. The number of likely N-dealkylation sites (N-methyl/N-ethyl adjacent to an activating group) is 1. The lowest BCUT2D eigenvalue weighted by Crippen LogP contribution is -2.39. The van der Waals surface area contributed by atoms with Crippen molar-refractivity contribution in [2.24, 2.45) is 0 Å². The van der Waals surface area contributed by atoms with E-state index >= 15 is 0 Å². The van der Waals surface area contributed by atoms with Crippen LogP contribution >= 0.6 is 11.3 Å². The highest BCUT2D eigenvalue weighted by Gasteiger charge is 2.13. The topological polar surface area (TPSA) is 83.6 Å². The zero-order valence-electron chi connectivity index (χ0n) is 15.6. The summed E-state index contributed by atoms with van der Waals surface area (Å²) in [4.78, 5) is 29.7. The minimum absolute atomic E-state index is 0.00554. The highest BCUT2D eigenvalue weighted by molar-refractivity contribution is 7.14. The number of ether oxygens (including phenoxy) is 1. The molecule has 0 atom stereocenters. The molecule has 0 fully saturated rings. The molecule has 2 aromatic rings. The third-order valence-electron chi connectivity index (χ3n) is 3.64. The average molecular weight is 412 g/mol. The van der Waals surface area contributed by atoms with Crippen molar-refractivity contribution in [3.05, 3.63) is 35.2 Å². The predicted octanol–water partition coefficient (Wildman–Crippen LogP) is 2.11. The third-order valence-corrected chi connectivity index (χ3v) is 4.40. The molecule has 28 heavy (non-hydrogen) atoms. The molecule has 2 rings (SSSR count). The van der Waals surface area contributed by atoms with E-state index < -0.39 is 11.6 Å². The molecule has 152 valence electrons. The van der Waals surface area contributed by atoms with Gasteiger partial charge in [-0.3, -0.25) is 14.5 Å². The van der Waals surface area contributed by atoms with E-state index in [4.69, 9.17) is 4.74 Å². The lowest BCUT2D eigenvalue weighted by Gasteiger charge is -2.15. The van der Waals surface area contributed by atoms with E-state index in [0.717, 1.165) is 18.6 Å². The molecular weight excluding hydrogens is 390 g/mol. The van der Waals surface area contributed by atoms with E-state index in [9.17, 15) is 18.4 Å². The van der Waals surface area contributed by atoms with E-state index in [0.29, 0.717) is 29.5 Å². The predicted molar refractivity (Wildman–Crippen MR) is 103 cm³/mol. The van der Waals surface area contributed by atoms with Gasteiger partial charge in [0, 0.05) is 31.2 Å². The molecule has 1 aromatic heterocycles. The number of amides is 2. The molecule has 7 nitrogen and oxygen atoms in total. The van der Waals surface area contributed by atoms with Crippen molar-refractivity contribution in [2.45, 2.75) is 6.42 Å². The fraction of sp³-hybridized carbons (Fsp3) is 0.389. The van der Waals surface area contributed by atoms with E-state index in [-0.39, 0.29) is 24.9 Å². The molecule has 2 N–H and O–H groups in total. The number of halogens is 2. The molecule has 0 saturated heterocycles. The van der Waals surface area contributed by atoms with Crippen LogP contribution < -0.4 is 10.6 Å². The molecule has 0 spiro atoms. The maximum Gasteiger partial charge on any atom is 0.240 e. The molecule has 0 aliphatic carbocycles. The summed E-state index contributed by atoms with van der Waals surface area (Å²) in [5.41, 5.74) is 0.848. The van der Waals surface area contributed by atoms with Crippen LogP contribution in [0.25, 0.3) is 11.3 Å². The van der Waals surface area contributed by atoms with Crippen LogP contribution in [0.1, 0.15) is 6.42 Å². The number of carbonyl (C=O) groups is 2. The second-order valence-electron chi connectivity index (χ2n) is 6.08. The van der Waals surface area contributed by atoms with Gasteiger partial charge in [0.25, 0.3) is 0 Å². The third kappa shape index (κ3) is 6.95. The maximum absolute atomic E-state index is 13.3. The van der Waals surface area contributed by atoms with Crippen molar-refractivity contribution in [2.75, 3.05) is 45.7 Å². The molecule has 0 radical (unpaired) electrons. The van der Waals surface area contributed by atoms with Crippen LogP contribution in [-0.2, 0) is 14.3 Å². The van der Waals surface area contributed by atoms with Gasteiger partial charge in [0.2, 0.25) is 11.8 Å². The fourth-order valence-electron chi connectivity index (χ4n) is 2.32. The van der Waals surface area contributed by atoms with Crippen LogP contribution in [0.3, 0.4) is 0 Å². The standard InChI is InChI=1S/C18H22F2N4O3S/c1-24(9-16(25)21-6-3-7-27-2)10-17(26)23-18-22-15(11-28-18)12-4-5-13(19)14(20)8-12/h4-5,8,11H,3,6-7,9-10H2,1-2H3,(H,21,25)(H,22,23,26). The number of aromatic nitrogens is 1. The van der Waals surface area contributed by atoms with Gasteiger partial charge in [0.05, 0.1) is 18.8 Å². The SMILES string of the molecule is COCCCNC(=O)CN(C)CC(=O)Nc1nc(-c2ccc(F)c(F)c2)cs1. The highest BCUT2D eigenvalue weighted by Crippen LogP contribution is 2.26. The van der Waals surface area contributed by atoms with Crippen molar-refractivity contribution in [1.82, 2.24) is 15.2 Å². The molecule has 0 aliphatic heterocycles. The Labute approximate surface area is 165 Å². The Hall–Kier alpha value is -2.43. The Morgan fingerprint density at radius 2 is 1.96 bits per heavy atom. The first-order chi connectivity index (χ1) is 13.4. The Balaban J connectivity index is 1.80. The van der Waals surface area contributed by atoms with Gasteiger partial charge >= 0.3 is 0 Å². The zero-order chi connectivity index (χ0) is 20.5. The smallest absolute Gasteiger partial charge is 0.240 e. The normalized spacial score (nSPS) is 10.9. The van der Waals surface area contributed by atoms with E-state index in [1.54, 1.807) is 24.4 Å². The molecule has 0 aliphatic rings. The van der Waals surface area contributed by atoms with Gasteiger partial charge in [-0.15, -0.1) is 11.3 Å². The van der Waals surface area contributed by atoms with Gasteiger partial charge in [-0.25, -0.2) is 13.8 Å². The summed E-state index contributed by atoms with van der Waals surface area (Å²) in [6.45, 7) is 1.17. The van der Waals surface area contributed by atoms with Crippen LogP contribution in [0.2, 0.25) is 0 Å². The zero-order valence-corrected chi connectivity index (χ0v) is 16.4. The molecular formula is C18H22F2N4O3S. The molecule has 0 unspecified atom stereocenters. The van der Waals surface area contributed by atoms with Crippen molar-refractivity contribution in [3.8, 4) is 11.3 Å². The molecule has 0 bridgehead atoms. The second kappa shape index (κ2) is 10.8. The number of methoxy groups -OCH3 is 1. The molecule has 2 amide bonds. The summed E-state index contributed by atoms with van der Waals surface area (Å²) >= 11 is 1.17. The molecule has 1 aromatic carbocycles. The Morgan fingerprint density at radius 3 is 2.68 bits per heavy atom. The summed E-state index contributed by atoms with van der Waals surface area (Å²) in [7, 11) is 3.25. The van der Waals surface area contributed by atoms with Crippen molar-refractivity contribution in [1.29, 1.82) is 0 Å². The number of anilines is 1. The Kier molecular flexibility index (Phi) is 8.42. The number of thiazole rings is 1. The summed E-state index contributed by atoms with van der Waals surface area (Å²) in [5, 5.41) is 7.35. The van der Waals surface area contributed by atoms with Crippen LogP contribution in [0.15, 0.2) is 23.6 Å². The lowest BCUT2D eigenvalue weighted by molar-refractivity contribution is -0.123. The van der Waals surface area contributed by atoms with Crippen molar-refractivity contribution < 1.29 is 23.1 Å². The monoisotopic (exact) mass is 412 g/mol. The first kappa shape index (κ1) is 21.9. The summed E-state index contributed by atoms with van der Waals surface area (Å²) in [5.74, 6) is -2.40. The van der Waals surface area contributed by atoms with Gasteiger partial charge in [-0.1, -0.05) is 0 Å². The number of nitrogens with zero attached hydrogens (tertiary/aromatic N) is 2. The molecule has 0 saturated carbocycles. The van der Waals surface area contributed by atoms with Crippen molar-refractivity contribution >= 4 is 28.3 Å². The maximum atomic E-state index is 13.3. The lowest BCUT2D eigenvalue weighted by atomic mass is 10.2. The Morgan fingerprint density at radius 1 is 1.21 bits per heavy atom. The average Bonchev–Trinajstić information content (AvgIpc) is 3.09. The van der Waals surface area contributed by atoms with Crippen LogP contribution in [0.4, 0.5) is 13.9 Å². The fourth-order valence-corrected chi connectivity index (χ4v) is 3.06. The first-order valence-electron chi connectivity index (χ1n) is 8.54. The molecule has 1 heterocycles. The van der Waals surface area contributed by atoms with Gasteiger partial charge in [-0.2, -0.15) is 0 Å². The number of rotatable bonds is 10. The summed E-state index contributed by atoms with van der Waals surface area (Å²) < 4.78 is 31.3. The van der Waals surface area contributed by atoms with Gasteiger partial charge in [0.15, 0.2) is 16.8 Å². The van der Waals surface area contributed by atoms with E-state index in [1.807, 2.05) is 0 Å². The van der Waals surface area contributed by atoms with Crippen LogP contribution in [0, 0.1) is 11.6 Å². The molecule has 10 heteroatoms. The van der Waals surface area contributed by atoms with Gasteiger partial charge in [-0.05, 0) is 31.7 Å². The minimum atomic E-state index is -0.960. The number of nitrogens with one attached hydrogen (secondary N) is 2. The van der Waals surface area contributed by atoms with Gasteiger partial charge < -0.3 is 15.4 Å². The highest BCUT2D eigenvalue weighted by atomic mass is 32.1. The number of benzene rings is 1. The van der Waals surface area contributed by atoms with Crippen LogP contribution in [-0.4, -0.2) is 62.1 Å². The summed E-state index contributed by atoms with van der Waals surface area (Å²) in [6, 6.07) is 3.49. The van der Waals surface area contributed by atoms with Crippen LogP contribution in [0.5, 0.6) is 0 Å². The quantitative estimate of drug-likeness (QED) is 0.584. The van der Waals surface area contributed by atoms with E-state index in [2.05, 4.69) is 15.6 Å². The second-order valence-corrected chi connectivity index (χ2v) is 6.94. The van der Waals surface area contributed by atoms with Crippen molar-refractivity contribution in [3.63, 3.8) is 0 Å². The minimum Gasteiger partial charge on any atom is -0.385 e. The first-order valence-corrected chi connectivity index (χ1v) is 9.42. The number of hydrogen-bond acceptors (Lipinski definition) is 6. The number of hydrogen-bond donors (Lipinski definition) is 2. The van der Waals surface area contributed by atoms with E-state index in [1.165, 1.54) is 17.4 Å².